The van der Waals surface area contributed by atoms with Gasteiger partial charge in [-0.3, -0.25) is 4.90 Å². The molecule has 0 aromatic rings. The van der Waals surface area contributed by atoms with Crippen LogP contribution in [0.4, 0.5) is 9.18 Å². The van der Waals surface area contributed by atoms with Crippen LogP contribution in [-0.4, -0.2) is 40.3 Å². The van der Waals surface area contributed by atoms with Gasteiger partial charge in [-0.2, -0.15) is 0 Å². The van der Waals surface area contributed by atoms with Crippen molar-refractivity contribution >= 4 is 23.3 Å². The van der Waals surface area contributed by atoms with Gasteiger partial charge >= 0.3 is 6.09 Å². The second-order valence-electron chi connectivity index (χ2n) is 4.88. The number of nitrogens with zero attached hydrogens (tertiary/aromatic N) is 1. The molecule has 16 heavy (non-hydrogen) atoms. The number of ether oxygens (including phenoxy) is 1. The molecule has 6 heteroatoms. The number of carbonyl (C=O) groups is 1. The summed E-state index contributed by atoms with van der Waals surface area (Å²) in [7, 11) is 0. The molecule has 2 N–H and O–H groups in total. The molecule has 0 saturated carbocycles. The zero-order valence-electron chi connectivity index (χ0n) is 9.70. The fourth-order valence-electron chi connectivity index (χ4n) is 1.58. The number of thiocarbonyl (C=S) groups is 1. The van der Waals surface area contributed by atoms with Crippen LogP contribution in [0, 0.1) is 0 Å². The van der Waals surface area contributed by atoms with Gasteiger partial charge in [-0.05, 0) is 20.8 Å². The van der Waals surface area contributed by atoms with Gasteiger partial charge in [0.05, 0.1) is 17.6 Å². The van der Waals surface area contributed by atoms with Crippen LogP contribution in [0.2, 0.25) is 0 Å². The SMILES string of the molecule is CC(C)(C)OC(=O)N1C[C@@H](F)C[C@H]1C(N)=S. The third-order valence-electron chi connectivity index (χ3n) is 2.21. The monoisotopic (exact) mass is 248 g/mol. The van der Waals surface area contributed by atoms with Crippen molar-refractivity contribution in [2.75, 3.05) is 6.54 Å². The van der Waals surface area contributed by atoms with Crippen molar-refractivity contribution in [1.29, 1.82) is 0 Å². The number of halogens is 1. The summed E-state index contributed by atoms with van der Waals surface area (Å²) in [6.45, 7) is 5.26. The molecule has 1 amide bonds. The Morgan fingerprint density at radius 3 is 2.56 bits per heavy atom. The highest BCUT2D eigenvalue weighted by molar-refractivity contribution is 7.80. The Bertz CT molecular complexity index is 304. The number of nitrogens with two attached hydrogens (primary N) is 1. The van der Waals surface area contributed by atoms with Gasteiger partial charge in [0.2, 0.25) is 0 Å². The quantitative estimate of drug-likeness (QED) is 0.716. The molecule has 1 aliphatic heterocycles. The van der Waals surface area contributed by atoms with Crippen LogP contribution in [0.5, 0.6) is 0 Å². The summed E-state index contributed by atoms with van der Waals surface area (Å²) in [6.07, 6.45) is -1.49. The molecule has 0 aromatic carbocycles. The number of rotatable bonds is 1. The van der Waals surface area contributed by atoms with Crippen LogP contribution in [0.1, 0.15) is 27.2 Å². The summed E-state index contributed by atoms with van der Waals surface area (Å²) in [5, 5.41) is 0. The van der Waals surface area contributed by atoms with Crippen LogP contribution >= 0.6 is 12.2 Å². The Hall–Kier alpha value is -0.910. The minimum Gasteiger partial charge on any atom is -0.444 e. The fraction of sp³-hybridized carbons (Fsp3) is 0.800. The van der Waals surface area contributed by atoms with E-state index in [-0.39, 0.29) is 18.0 Å². The van der Waals surface area contributed by atoms with Gasteiger partial charge in [0.1, 0.15) is 11.8 Å². The van der Waals surface area contributed by atoms with Gasteiger partial charge in [-0.25, -0.2) is 9.18 Å². The van der Waals surface area contributed by atoms with Crippen LogP contribution in [0.15, 0.2) is 0 Å². The van der Waals surface area contributed by atoms with Crippen molar-refractivity contribution in [3.05, 3.63) is 0 Å². The molecule has 0 radical (unpaired) electrons. The average molecular weight is 248 g/mol. The number of likely N-dealkylation sites (tertiary alicyclic amines) is 1. The first-order valence-electron chi connectivity index (χ1n) is 5.13. The van der Waals surface area contributed by atoms with Gasteiger partial charge in [0.15, 0.2) is 0 Å². The lowest BCUT2D eigenvalue weighted by atomic mass is 10.2. The van der Waals surface area contributed by atoms with Crippen molar-refractivity contribution in [3.63, 3.8) is 0 Å². The molecule has 0 aromatic heterocycles. The summed E-state index contributed by atoms with van der Waals surface area (Å²) < 4.78 is 18.4. The molecule has 0 unspecified atom stereocenters. The van der Waals surface area contributed by atoms with Crippen LogP contribution in [-0.2, 0) is 4.74 Å². The standard InChI is InChI=1S/C10H17FN2O2S/c1-10(2,3)15-9(14)13-5-6(11)4-7(13)8(12)16/h6-7H,4-5H2,1-3H3,(H2,12,16)/t6-,7-/m0/s1. The summed E-state index contributed by atoms with van der Waals surface area (Å²) in [6, 6.07) is -0.528. The van der Waals surface area contributed by atoms with Crippen molar-refractivity contribution in [2.24, 2.45) is 5.73 Å². The van der Waals surface area contributed by atoms with Gasteiger partial charge < -0.3 is 10.5 Å². The first-order chi connectivity index (χ1) is 7.20. The molecule has 1 saturated heterocycles. The maximum Gasteiger partial charge on any atom is 0.410 e. The van der Waals surface area contributed by atoms with Gasteiger partial charge in [-0.1, -0.05) is 12.2 Å². The highest BCUT2D eigenvalue weighted by atomic mass is 32.1. The van der Waals surface area contributed by atoms with E-state index in [1.54, 1.807) is 20.8 Å². The van der Waals surface area contributed by atoms with Crippen molar-refractivity contribution in [1.82, 2.24) is 4.90 Å². The zero-order valence-corrected chi connectivity index (χ0v) is 10.5. The van der Waals surface area contributed by atoms with E-state index in [2.05, 4.69) is 0 Å². The van der Waals surface area contributed by atoms with E-state index in [9.17, 15) is 9.18 Å². The van der Waals surface area contributed by atoms with Gasteiger partial charge in [0, 0.05) is 6.42 Å². The Balaban J connectivity index is 2.71. The lowest BCUT2D eigenvalue weighted by molar-refractivity contribution is 0.0257. The molecule has 2 atom stereocenters. The molecule has 1 fully saturated rings. The summed E-state index contributed by atoms with van der Waals surface area (Å²) >= 11 is 4.81. The summed E-state index contributed by atoms with van der Waals surface area (Å²) in [5.41, 5.74) is 4.86. The summed E-state index contributed by atoms with van der Waals surface area (Å²) in [5.74, 6) is 0. The van der Waals surface area contributed by atoms with Crippen LogP contribution < -0.4 is 5.73 Å². The smallest absolute Gasteiger partial charge is 0.410 e. The minimum atomic E-state index is -1.08. The highest BCUT2D eigenvalue weighted by Gasteiger charge is 2.39. The number of alkyl halides is 1. The molecule has 0 bridgehead atoms. The number of hydrogen-bond donors (Lipinski definition) is 1. The largest absolute Gasteiger partial charge is 0.444 e. The second-order valence-corrected chi connectivity index (χ2v) is 5.36. The molecule has 1 aliphatic rings. The minimum absolute atomic E-state index is 0.00306. The van der Waals surface area contributed by atoms with E-state index in [0.29, 0.717) is 0 Å². The Morgan fingerprint density at radius 1 is 1.56 bits per heavy atom. The first-order valence-corrected chi connectivity index (χ1v) is 5.54. The highest BCUT2D eigenvalue weighted by Crippen LogP contribution is 2.23. The molecule has 0 spiro atoms. The number of carbonyl (C=O) groups excluding carboxylic acids is 1. The van der Waals surface area contributed by atoms with Crippen molar-refractivity contribution in [3.8, 4) is 0 Å². The Labute approximate surface area is 99.9 Å². The molecule has 1 heterocycles. The molecule has 0 aliphatic carbocycles. The van der Waals surface area contributed by atoms with Crippen molar-refractivity contribution < 1.29 is 13.9 Å². The normalized spacial score (nSPS) is 25.6. The fourth-order valence-corrected chi connectivity index (χ4v) is 1.80. The third kappa shape index (κ3) is 3.30. The van der Waals surface area contributed by atoms with E-state index in [4.69, 9.17) is 22.7 Å². The average Bonchev–Trinajstić information content (AvgIpc) is 2.44. The molecule has 1 rings (SSSR count). The Morgan fingerprint density at radius 2 is 2.12 bits per heavy atom. The zero-order chi connectivity index (χ0) is 12.5. The predicted octanol–water partition coefficient (Wildman–Crippen LogP) is 1.62. The molecular weight excluding hydrogens is 231 g/mol. The van der Waals surface area contributed by atoms with E-state index < -0.39 is 23.9 Å². The topological polar surface area (TPSA) is 55.6 Å². The maximum absolute atomic E-state index is 13.2. The third-order valence-corrected chi connectivity index (χ3v) is 2.48. The van der Waals surface area contributed by atoms with E-state index in [1.807, 2.05) is 0 Å². The van der Waals surface area contributed by atoms with E-state index in [1.165, 1.54) is 4.90 Å². The van der Waals surface area contributed by atoms with Crippen LogP contribution in [0.25, 0.3) is 0 Å². The molecule has 4 nitrogen and oxygen atoms in total. The van der Waals surface area contributed by atoms with E-state index >= 15 is 0 Å². The van der Waals surface area contributed by atoms with Crippen LogP contribution in [0.3, 0.4) is 0 Å². The number of amides is 1. The number of hydrogen-bond acceptors (Lipinski definition) is 3. The Kier molecular flexibility index (Phi) is 3.72. The molecular formula is C10H17FN2O2S. The second kappa shape index (κ2) is 4.53. The van der Waals surface area contributed by atoms with Crippen molar-refractivity contribution in [2.45, 2.75) is 45.0 Å². The van der Waals surface area contributed by atoms with Gasteiger partial charge in [-0.15, -0.1) is 0 Å². The first kappa shape index (κ1) is 13.2. The predicted molar refractivity (Wildman–Crippen MR) is 63.0 cm³/mol. The maximum atomic E-state index is 13.2. The summed E-state index contributed by atoms with van der Waals surface area (Å²) in [4.78, 5) is 13.1. The van der Waals surface area contributed by atoms with E-state index in [0.717, 1.165) is 0 Å². The lowest BCUT2D eigenvalue weighted by Gasteiger charge is -2.27. The van der Waals surface area contributed by atoms with Gasteiger partial charge in [0.25, 0.3) is 0 Å². The molecule has 92 valence electrons. The lowest BCUT2D eigenvalue weighted by Crippen LogP contribution is -2.45.